The number of hydrogen-bond donors (Lipinski definition) is 0. The van der Waals surface area contributed by atoms with Crippen molar-refractivity contribution in [2.24, 2.45) is 0 Å². The Morgan fingerprint density at radius 2 is 2.08 bits per heavy atom. The van der Waals surface area contributed by atoms with Crippen molar-refractivity contribution in [3.63, 3.8) is 0 Å². The van der Waals surface area contributed by atoms with Crippen molar-refractivity contribution in [2.75, 3.05) is 0 Å². The summed E-state index contributed by atoms with van der Waals surface area (Å²) < 4.78 is 0. The van der Waals surface area contributed by atoms with E-state index < -0.39 is 0 Å². The second-order valence-electron chi connectivity index (χ2n) is 2.07. The molecule has 3 nitrogen and oxygen atoms in total. The minimum absolute atomic E-state index is 0.0795. The zero-order valence-corrected chi connectivity index (χ0v) is 7.82. The monoisotopic (exact) mass is 201 g/mol. The quantitative estimate of drug-likeness (QED) is 0.518. The molecular weight excluding hydrogens is 197 g/mol. The number of nitrogens with zero attached hydrogens (tertiary/aromatic N) is 3. The summed E-state index contributed by atoms with van der Waals surface area (Å²) in [5.41, 5.74) is 0.895. The Hall–Kier alpha value is -0.850. The summed E-state index contributed by atoms with van der Waals surface area (Å²) in [6, 6.07) is 1.93. The van der Waals surface area contributed by atoms with Crippen molar-refractivity contribution in [2.45, 2.75) is 13.3 Å². The van der Waals surface area contributed by atoms with Crippen molar-refractivity contribution in [1.29, 1.82) is 5.26 Å². The van der Waals surface area contributed by atoms with Crippen LogP contribution in [0.15, 0.2) is 0 Å². The average molecular weight is 202 g/mol. The molecule has 0 saturated carbocycles. The highest BCUT2D eigenvalue weighted by Gasteiger charge is 2.09. The molecule has 1 heterocycles. The van der Waals surface area contributed by atoms with E-state index in [1.54, 1.807) is 0 Å². The molecule has 1 aromatic rings. The maximum Gasteiger partial charge on any atom is 0.224 e. The predicted molar refractivity (Wildman–Crippen MR) is 46.1 cm³/mol. The standard InChI is InChI=1S/C7H5Cl2N3/c1-2-5-4(3-10)6(8)12-7(9)11-5/h2H2,1H3. The van der Waals surface area contributed by atoms with Crippen LogP contribution in [0, 0.1) is 11.3 Å². The number of nitriles is 1. The van der Waals surface area contributed by atoms with E-state index in [-0.39, 0.29) is 10.4 Å². The molecular formula is C7H5Cl2N3. The van der Waals surface area contributed by atoms with Gasteiger partial charge in [-0.25, -0.2) is 9.97 Å². The highest BCUT2D eigenvalue weighted by Crippen LogP contribution is 2.17. The van der Waals surface area contributed by atoms with Crippen LogP contribution in [-0.4, -0.2) is 9.97 Å². The first-order valence-corrected chi connectivity index (χ1v) is 4.06. The van der Waals surface area contributed by atoms with Gasteiger partial charge in [0.2, 0.25) is 5.28 Å². The average Bonchev–Trinajstić information content (AvgIpc) is 2.03. The van der Waals surface area contributed by atoms with Crippen LogP contribution < -0.4 is 0 Å². The van der Waals surface area contributed by atoms with E-state index in [0.717, 1.165) is 0 Å². The third-order valence-electron chi connectivity index (χ3n) is 1.36. The molecule has 0 aromatic carbocycles. The topological polar surface area (TPSA) is 49.6 Å². The molecule has 0 fully saturated rings. The van der Waals surface area contributed by atoms with Crippen molar-refractivity contribution in [3.05, 3.63) is 21.7 Å². The van der Waals surface area contributed by atoms with Gasteiger partial charge in [-0.05, 0) is 18.0 Å². The third kappa shape index (κ3) is 1.66. The van der Waals surface area contributed by atoms with Crippen molar-refractivity contribution in [3.8, 4) is 6.07 Å². The van der Waals surface area contributed by atoms with Gasteiger partial charge < -0.3 is 0 Å². The number of rotatable bonds is 1. The zero-order valence-electron chi connectivity index (χ0n) is 6.30. The van der Waals surface area contributed by atoms with Gasteiger partial charge in [-0.15, -0.1) is 0 Å². The highest BCUT2D eigenvalue weighted by molar-refractivity contribution is 6.32. The zero-order chi connectivity index (χ0) is 9.14. The lowest BCUT2D eigenvalue weighted by atomic mass is 10.2. The predicted octanol–water partition coefficient (Wildman–Crippen LogP) is 2.22. The summed E-state index contributed by atoms with van der Waals surface area (Å²) >= 11 is 11.2. The maximum absolute atomic E-state index is 8.66. The fourth-order valence-electron chi connectivity index (χ4n) is 0.815. The van der Waals surface area contributed by atoms with Gasteiger partial charge in [-0.1, -0.05) is 18.5 Å². The first-order valence-electron chi connectivity index (χ1n) is 3.31. The molecule has 1 aromatic heterocycles. The first-order chi connectivity index (χ1) is 5.69. The maximum atomic E-state index is 8.66. The van der Waals surface area contributed by atoms with E-state index in [4.69, 9.17) is 28.5 Å². The van der Waals surface area contributed by atoms with Crippen LogP contribution in [0.2, 0.25) is 10.4 Å². The molecule has 1 rings (SSSR count). The van der Waals surface area contributed by atoms with Crippen LogP contribution in [0.25, 0.3) is 0 Å². The molecule has 0 bridgehead atoms. The van der Waals surface area contributed by atoms with Crippen molar-refractivity contribution < 1.29 is 0 Å². The summed E-state index contributed by atoms with van der Waals surface area (Å²) in [6.07, 6.45) is 0.616. The molecule has 0 atom stereocenters. The molecule has 0 saturated heterocycles. The fourth-order valence-corrected chi connectivity index (χ4v) is 1.28. The van der Waals surface area contributed by atoms with E-state index >= 15 is 0 Å². The second-order valence-corrected chi connectivity index (χ2v) is 2.77. The molecule has 0 N–H and O–H groups in total. The third-order valence-corrected chi connectivity index (χ3v) is 1.80. The van der Waals surface area contributed by atoms with Gasteiger partial charge in [0.05, 0.1) is 5.69 Å². The molecule has 62 valence electrons. The van der Waals surface area contributed by atoms with Gasteiger partial charge in [0, 0.05) is 0 Å². The summed E-state index contributed by atoms with van der Waals surface area (Å²) in [5, 5.41) is 8.86. The number of hydrogen-bond acceptors (Lipinski definition) is 3. The number of aryl methyl sites for hydroxylation is 1. The highest BCUT2D eigenvalue weighted by atomic mass is 35.5. The number of aromatic nitrogens is 2. The minimum Gasteiger partial charge on any atom is -0.222 e. The van der Waals surface area contributed by atoms with E-state index in [9.17, 15) is 0 Å². The molecule has 0 amide bonds. The normalized spacial score (nSPS) is 9.50. The molecule has 0 aliphatic rings. The lowest BCUT2D eigenvalue weighted by Gasteiger charge is -2.00. The molecule has 0 aliphatic heterocycles. The Balaban J connectivity index is 3.36. The molecule has 0 aliphatic carbocycles. The smallest absolute Gasteiger partial charge is 0.222 e. The summed E-state index contributed by atoms with van der Waals surface area (Å²) in [7, 11) is 0. The Labute approximate surface area is 80.0 Å². The Kier molecular flexibility index (Phi) is 2.85. The van der Waals surface area contributed by atoms with Gasteiger partial charge >= 0.3 is 0 Å². The van der Waals surface area contributed by atoms with Crippen LogP contribution in [-0.2, 0) is 6.42 Å². The Morgan fingerprint density at radius 1 is 1.42 bits per heavy atom. The molecule has 12 heavy (non-hydrogen) atoms. The molecule has 5 heteroatoms. The largest absolute Gasteiger partial charge is 0.224 e. The van der Waals surface area contributed by atoms with Crippen LogP contribution >= 0.6 is 23.2 Å². The number of halogens is 2. The van der Waals surface area contributed by atoms with Gasteiger partial charge in [0.1, 0.15) is 11.6 Å². The van der Waals surface area contributed by atoms with Crippen LogP contribution in [0.5, 0.6) is 0 Å². The van der Waals surface area contributed by atoms with Gasteiger partial charge in [-0.2, -0.15) is 5.26 Å². The van der Waals surface area contributed by atoms with Gasteiger partial charge in [-0.3, -0.25) is 0 Å². The summed E-state index contributed by atoms with van der Waals surface area (Å²) in [6.45, 7) is 1.87. The Bertz CT molecular complexity index is 343. The van der Waals surface area contributed by atoms with Gasteiger partial charge in [0.25, 0.3) is 0 Å². The molecule has 0 unspecified atom stereocenters. The lowest BCUT2D eigenvalue weighted by molar-refractivity contribution is 0.987. The second kappa shape index (κ2) is 3.70. The summed E-state index contributed by atoms with van der Waals surface area (Å²) in [5.74, 6) is 0. The van der Waals surface area contributed by atoms with Crippen LogP contribution in [0.4, 0.5) is 0 Å². The van der Waals surface area contributed by atoms with Gasteiger partial charge in [0.15, 0.2) is 5.15 Å². The Morgan fingerprint density at radius 3 is 2.58 bits per heavy atom. The van der Waals surface area contributed by atoms with E-state index in [0.29, 0.717) is 17.7 Å². The minimum atomic E-state index is 0.0795. The fraction of sp³-hybridized carbons (Fsp3) is 0.286. The van der Waals surface area contributed by atoms with Crippen LogP contribution in [0.3, 0.4) is 0 Å². The molecule has 0 radical (unpaired) electrons. The SMILES string of the molecule is CCc1nc(Cl)nc(Cl)c1C#N. The van der Waals surface area contributed by atoms with E-state index in [2.05, 4.69) is 9.97 Å². The first kappa shape index (κ1) is 9.24. The van der Waals surface area contributed by atoms with Crippen molar-refractivity contribution >= 4 is 23.2 Å². The van der Waals surface area contributed by atoms with Crippen LogP contribution in [0.1, 0.15) is 18.2 Å². The van der Waals surface area contributed by atoms with E-state index in [1.165, 1.54) is 0 Å². The van der Waals surface area contributed by atoms with E-state index in [1.807, 2.05) is 13.0 Å². The lowest BCUT2D eigenvalue weighted by Crippen LogP contribution is -1.97. The molecule has 0 spiro atoms. The summed E-state index contributed by atoms with van der Waals surface area (Å²) in [4.78, 5) is 7.52. The van der Waals surface area contributed by atoms with Crippen molar-refractivity contribution in [1.82, 2.24) is 9.97 Å².